The zero-order chi connectivity index (χ0) is 23.7. The molecule has 174 valence electrons. The fourth-order valence-corrected chi connectivity index (χ4v) is 3.58. The third kappa shape index (κ3) is 5.67. The Labute approximate surface area is 179 Å². The van der Waals surface area contributed by atoms with Gasteiger partial charge >= 0.3 is 6.18 Å². The number of carbonyl (C=O) groups is 1. The maximum Gasteiger partial charge on any atom is 0.398 e. The van der Waals surface area contributed by atoms with Crippen molar-refractivity contribution in [3.63, 3.8) is 0 Å². The number of hydrogen-bond acceptors (Lipinski definition) is 4. The Hall–Kier alpha value is -2.89. The lowest BCUT2D eigenvalue weighted by Gasteiger charge is -2.40. The van der Waals surface area contributed by atoms with E-state index in [4.69, 9.17) is 0 Å². The van der Waals surface area contributed by atoms with E-state index in [1.807, 2.05) is 0 Å². The normalized spacial score (nSPS) is 20.0. The second-order valence-corrected chi connectivity index (χ2v) is 7.65. The number of nitrogens with zero attached hydrogens (tertiary/aromatic N) is 3. The number of rotatable bonds is 5. The third-order valence-corrected chi connectivity index (χ3v) is 5.37. The van der Waals surface area contributed by atoms with Gasteiger partial charge in [-0.05, 0) is 24.6 Å². The molecule has 0 spiro atoms. The predicted molar refractivity (Wildman–Crippen MR) is 101 cm³/mol. The van der Waals surface area contributed by atoms with Crippen LogP contribution >= 0.6 is 0 Å². The molecule has 6 nitrogen and oxygen atoms in total. The molecule has 0 saturated carbocycles. The van der Waals surface area contributed by atoms with Crippen LogP contribution in [-0.4, -0.2) is 47.0 Å². The number of piperidine rings is 1. The van der Waals surface area contributed by atoms with E-state index < -0.39 is 54.3 Å². The molecule has 3 rings (SSSR count). The standard InChI is InChI=1S/C20H20F6N4O2/c1-12(18(31)28-17-3-2-14(21)10-27-17)29-7-5-19(22,23)16(11-29)13-4-6-30(32)15(8-13)9-20(24,25)26/h2-4,6,8,10,12,16H,5,7,9,11H2,1H3,(H,27,28,31)/t12-,16+/m0/s1. The molecule has 3 heterocycles. The number of aromatic nitrogens is 2. The zero-order valence-corrected chi connectivity index (χ0v) is 16.9. The molecule has 0 unspecified atom stereocenters. The highest BCUT2D eigenvalue weighted by Gasteiger charge is 2.47. The summed E-state index contributed by atoms with van der Waals surface area (Å²) in [7, 11) is 0. The highest BCUT2D eigenvalue weighted by molar-refractivity contribution is 5.93. The molecule has 2 aromatic heterocycles. The van der Waals surface area contributed by atoms with Crippen LogP contribution in [0.3, 0.4) is 0 Å². The zero-order valence-electron chi connectivity index (χ0n) is 16.9. The summed E-state index contributed by atoms with van der Waals surface area (Å²) in [5.41, 5.74) is -0.796. The first kappa shape index (κ1) is 23.8. The SMILES string of the molecule is C[C@@H](C(=O)Nc1ccc(F)cn1)N1CCC(F)(F)[C@@H](c2cc[n+]([O-])c(CC(F)(F)F)c2)C1. The molecule has 0 bridgehead atoms. The lowest BCUT2D eigenvalue weighted by Crippen LogP contribution is -2.52. The third-order valence-electron chi connectivity index (χ3n) is 5.37. The van der Waals surface area contributed by atoms with Crippen molar-refractivity contribution in [1.82, 2.24) is 9.88 Å². The van der Waals surface area contributed by atoms with E-state index in [1.54, 1.807) is 0 Å². The number of likely N-dealkylation sites (tertiary alicyclic amines) is 1. The van der Waals surface area contributed by atoms with Crippen LogP contribution < -0.4 is 10.0 Å². The number of anilines is 1. The van der Waals surface area contributed by atoms with Gasteiger partial charge < -0.3 is 10.5 Å². The molecule has 1 saturated heterocycles. The average molecular weight is 462 g/mol. The molecule has 1 N–H and O–H groups in total. The van der Waals surface area contributed by atoms with Crippen molar-refractivity contribution in [2.75, 3.05) is 18.4 Å². The Morgan fingerprint density at radius 2 is 2.09 bits per heavy atom. The van der Waals surface area contributed by atoms with Crippen LogP contribution in [0.15, 0.2) is 36.7 Å². The summed E-state index contributed by atoms with van der Waals surface area (Å²) in [4.78, 5) is 17.7. The van der Waals surface area contributed by atoms with Gasteiger partial charge in [-0.2, -0.15) is 17.9 Å². The van der Waals surface area contributed by atoms with E-state index >= 15 is 0 Å². The van der Waals surface area contributed by atoms with Gasteiger partial charge in [0.25, 0.3) is 5.92 Å². The van der Waals surface area contributed by atoms with Crippen molar-refractivity contribution < 1.29 is 35.9 Å². The van der Waals surface area contributed by atoms with Crippen LogP contribution in [0, 0.1) is 11.0 Å². The van der Waals surface area contributed by atoms with Gasteiger partial charge in [-0.1, -0.05) is 0 Å². The minimum atomic E-state index is -4.67. The second kappa shape index (κ2) is 8.93. The Morgan fingerprint density at radius 3 is 2.72 bits per heavy atom. The van der Waals surface area contributed by atoms with Crippen LogP contribution in [0.4, 0.5) is 32.2 Å². The van der Waals surface area contributed by atoms with E-state index in [2.05, 4.69) is 10.3 Å². The first-order valence-electron chi connectivity index (χ1n) is 9.69. The number of halogens is 6. The largest absolute Gasteiger partial charge is 0.618 e. The lowest BCUT2D eigenvalue weighted by atomic mass is 9.86. The number of amides is 1. The minimum absolute atomic E-state index is 0.00148. The van der Waals surface area contributed by atoms with Crippen molar-refractivity contribution in [1.29, 1.82) is 0 Å². The highest BCUT2D eigenvalue weighted by Crippen LogP contribution is 2.41. The van der Waals surface area contributed by atoms with Gasteiger partial charge in [0.15, 0.2) is 6.20 Å². The fraction of sp³-hybridized carbons (Fsp3) is 0.450. The van der Waals surface area contributed by atoms with E-state index in [0.717, 1.165) is 30.6 Å². The summed E-state index contributed by atoms with van der Waals surface area (Å²) in [6.45, 7) is 1.05. The number of nitrogens with one attached hydrogen (secondary N) is 1. The van der Waals surface area contributed by atoms with Crippen molar-refractivity contribution in [3.8, 4) is 0 Å². The topological polar surface area (TPSA) is 72.2 Å². The van der Waals surface area contributed by atoms with Crippen molar-refractivity contribution in [2.24, 2.45) is 0 Å². The Kier molecular flexibility index (Phi) is 6.63. The highest BCUT2D eigenvalue weighted by atomic mass is 19.4. The molecule has 0 radical (unpaired) electrons. The first-order valence-corrected chi connectivity index (χ1v) is 9.69. The van der Waals surface area contributed by atoms with Gasteiger partial charge in [0.1, 0.15) is 18.1 Å². The van der Waals surface area contributed by atoms with Gasteiger partial charge in [-0.15, -0.1) is 0 Å². The van der Waals surface area contributed by atoms with Gasteiger partial charge in [0, 0.05) is 31.6 Å². The van der Waals surface area contributed by atoms with E-state index in [1.165, 1.54) is 17.9 Å². The Morgan fingerprint density at radius 1 is 1.38 bits per heavy atom. The van der Waals surface area contributed by atoms with Gasteiger partial charge in [-0.3, -0.25) is 9.69 Å². The maximum atomic E-state index is 14.7. The molecule has 1 fully saturated rings. The molecular weight excluding hydrogens is 442 g/mol. The van der Waals surface area contributed by atoms with Crippen LogP contribution in [-0.2, 0) is 11.2 Å². The Bertz CT molecular complexity index is 968. The average Bonchev–Trinajstić information content (AvgIpc) is 2.70. The maximum absolute atomic E-state index is 14.7. The smallest absolute Gasteiger partial charge is 0.398 e. The summed E-state index contributed by atoms with van der Waals surface area (Å²) >= 11 is 0. The van der Waals surface area contributed by atoms with Gasteiger partial charge in [0.05, 0.1) is 18.2 Å². The van der Waals surface area contributed by atoms with Crippen LogP contribution in [0.5, 0.6) is 0 Å². The van der Waals surface area contributed by atoms with E-state index in [9.17, 15) is 36.3 Å². The van der Waals surface area contributed by atoms with E-state index in [-0.39, 0.29) is 29.2 Å². The second-order valence-electron chi connectivity index (χ2n) is 7.65. The molecule has 1 aliphatic rings. The quantitative estimate of drug-likeness (QED) is 0.420. The Balaban J connectivity index is 1.78. The number of pyridine rings is 2. The molecule has 12 heteroatoms. The summed E-state index contributed by atoms with van der Waals surface area (Å²) in [6, 6.07) is 3.39. The molecule has 2 aromatic rings. The van der Waals surface area contributed by atoms with Crippen molar-refractivity contribution >= 4 is 11.7 Å². The van der Waals surface area contributed by atoms with Gasteiger partial charge in [-0.25, -0.2) is 18.2 Å². The molecule has 2 atom stereocenters. The molecule has 1 aliphatic heterocycles. The first-order chi connectivity index (χ1) is 14.9. The summed E-state index contributed by atoms with van der Waals surface area (Å²) in [5, 5.41) is 14.2. The van der Waals surface area contributed by atoms with Crippen LogP contribution in [0.2, 0.25) is 0 Å². The minimum Gasteiger partial charge on any atom is -0.618 e. The number of alkyl halides is 5. The molecule has 1 amide bonds. The summed E-state index contributed by atoms with van der Waals surface area (Å²) < 4.78 is 80.5. The predicted octanol–water partition coefficient (Wildman–Crippen LogP) is 3.41. The summed E-state index contributed by atoms with van der Waals surface area (Å²) in [5.74, 6) is -5.82. The number of carbonyl (C=O) groups excluding carboxylic acids is 1. The van der Waals surface area contributed by atoms with E-state index in [0.29, 0.717) is 0 Å². The molecule has 32 heavy (non-hydrogen) atoms. The van der Waals surface area contributed by atoms with Crippen molar-refractivity contribution in [3.05, 3.63) is 58.9 Å². The van der Waals surface area contributed by atoms with Crippen LogP contribution in [0.25, 0.3) is 0 Å². The molecule has 0 aliphatic carbocycles. The molecule has 0 aromatic carbocycles. The van der Waals surface area contributed by atoms with Crippen LogP contribution in [0.1, 0.15) is 30.5 Å². The van der Waals surface area contributed by atoms with Gasteiger partial charge in [0.2, 0.25) is 11.6 Å². The lowest BCUT2D eigenvalue weighted by molar-refractivity contribution is -0.615. The van der Waals surface area contributed by atoms with Crippen molar-refractivity contribution in [2.45, 2.75) is 43.8 Å². The fourth-order valence-electron chi connectivity index (χ4n) is 3.58. The monoisotopic (exact) mass is 462 g/mol. The number of hydrogen-bond donors (Lipinski definition) is 1. The molecular formula is C20H20F6N4O2. The summed E-state index contributed by atoms with van der Waals surface area (Å²) in [6.07, 6.45) is -5.15.